The Bertz CT molecular complexity index is 1410. The van der Waals surface area contributed by atoms with Gasteiger partial charge in [-0.05, 0) is 80.8 Å². The second-order valence-electron chi connectivity index (χ2n) is 10.1. The van der Waals surface area contributed by atoms with Gasteiger partial charge in [-0.3, -0.25) is 13.9 Å². The first kappa shape index (κ1) is 30.0. The molecule has 4 rings (SSSR count). The van der Waals surface area contributed by atoms with Crippen molar-refractivity contribution in [1.29, 1.82) is 0 Å². The predicted octanol–water partition coefficient (Wildman–Crippen LogP) is 4.90. The zero-order valence-electron chi connectivity index (χ0n) is 23.3. The lowest BCUT2D eigenvalue weighted by Gasteiger charge is -2.32. The van der Waals surface area contributed by atoms with Crippen LogP contribution in [-0.4, -0.2) is 50.4 Å². The van der Waals surface area contributed by atoms with Crippen LogP contribution >= 0.6 is 0 Å². The molecule has 1 aliphatic carbocycles. The molecular formula is C31H36FN3O5S. The fraction of sp³-hybridized carbons (Fsp3) is 0.355. The Morgan fingerprint density at radius 2 is 1.61 bits per heavy atom. The molecule has 1 saturated carbocycles. The van der Waals surface area contributed by atoms with Gasteiger partial charge in [-0.25, -0.2) is 12.8 Å². The highest BCUT2D eigenvalue weighted by atomic mass is 32.2. The summed E-state index contributed by atoms with van der Waals surface area (Å²) in [6.45, 7) is 3.41. The van der Waals surface area contributed by atoms with Crippen LogP contribution < -0.4 is 14.4 Å². The average molecular weight is 582 g/mol. The van der Waals surface area contributed by atoms with Gasteiger partial charge < -0.3 is 15.0 Å². The molecule has 3 aromatic rings. The molecule has 0 aliphatic heterocycles. The molecular weight excluding hydrogens is 545 g/mol. The third kappa shape index (κ3) is 7.64. The van der Waals surface area contributed by atoms with E-state index in [9.17, 15) is 22.4 Å². The highest BCUT2D eigenvalue weighted by Gasteiger charge is 2.33. The minimum absolute atomic E-state index is 0.0558. The van der Waals surface area contributed by atoms with Crippen molar-refractivity contribution in [3.8, 4) is 5.75 Å². The number of halogens is 1. The van der Waals surface area contributed by atoms with E-state index in [-0.39, 0.29) is 29.1 Å². The third-order valence-corrected chi connectivity index (χ3v) is 8.97. The second kappa shape index (κ2) is 13.6. The smallest absolute Gasteiger partial charge is 0.264 e. The average Bonchev–Trinajstić information content (AvgIpc) is 3.49. The summed E-state index contributed by atoms with van der Waals surface area (Å²) in [6.07, 6.45) is 3.87. The molecule has 10 heteroatoms. The predicted molar refractivity (Wildman–Crippen MR) is 155 cm³/mol. The Kier molecular flexibility index (Phi) is 9.99. The molecule has 3 aromatic carbocycles. The largest absolute Gasteiger partial charge is 0.494 e. The molecule has 41 heavy (non-hydrogen) atoms. The number of amides is 2. The van der Waals surface area contributed by atoms with Crippen LogP contribution in [0.25, 0.3) is 0 Å². The van der Waals surface area contributed by atoms with E-state index < -0.39 is 34.3 Å². The van der Waals surface area contributed by atoms with Crippen molar-refractivity contribution in [2.75, 3.05) is 17.5 Å². The van der Waals surface area contributed by atoms with Crippen LogP contribution in [0.5, 0.6) is 5.75 Å². The minimum Gasteiger partial charge on any atom is -0.494 e. The monoisotopic (exact) mass is 581 g/mol. The number of carbonyl (C=O) groups excluding carboxylic acids is 2. The topological polar surface area (TPSA) is 96.0 Å². The van der Waals surface area contributed by atoms with Gasteiger partial charge in [-0.15, -0.1) is 0 Å². The van der Waals surface area contributed by atoms with Gasteiger partial charge >= 0.3 is 0 Å². The number of hydrogen-bond acceptors (Lipinski definition) is 5. The summed E-state index contributed by atoms with van der Waals surface area (Å²) >= 11 is 0. The maximum Gasteiger partial charge on any atom is 0.264 e. The van der Waals surface area contributed by atoms with Gasteiger partial charge in [-0.1, -0.05) is 43.2 Å². The molecule has 8 nitrogen and oxygen atoms in total. The minimum atomic E-state index is -4.26. The van der Waals surface area contributed by atoms with Gasteiger partial charge in [-0.2, -0.15) is 0 Å². The molecule has 1 atom stereocenters. The van der Waals surface area contributed by atoms with Crippen molar-refractivity contribution in [3.05, 3.63) is 90.2 Å². The quantitative estimate of drug-likeness (QED) is 0.329. The summed E-state index contributed by atoms with van der Waals surface area (Å²) in [7, 11) is -4.26. The zero-order valence-corrected chi connectivity index (χ0v) is 24.1. The normalized spacial score (nSPS) is 14.3. The van der Waals surface area contributed by atoms with E-state index >= 15 is 0 Å². The Morgan fingerprint density at radius 3 is 2.22 bits per heavy atom. The fourth-order valence-corrected chi connectivity index (χ4v) is 6.31. The molecule has 0 heterocycles. The van der Waals surface area contributed by atoms with Gasteiger partial charge in [0, 0.05) is 12.6 Å². The summed E-state index contributed by atoms with van der Waals surface area (Å²) in [5.41, 5.74) is 0.917. The van der Waals surface area contributed by atoms with Crippen molar-refractivity contribution < 1.29 is 27.1 Å². The number of sulfonamides is 1. The van der Waals surface area contributed by atoms with Crippen LogP contribution in [0.4, 0.5) is 10.1 Å². The number of carbonyl (C=O) groups is 2. The van der Waals surface area contributed by atoms with E-state index in [1.54, 1.807) is 6.92 Å². The van der Waals surface area contributed by atoms with Crippen molar-refractivity contribution in [3.63, 3.8) is 0 Å². The lowest BCUT2D eigenvalue weighted by molar-refractivity contribution is -0.139. The molecule has 2 amide bonds. The van der Waals surface area contributed by atoms with Gasteiger partial charge in [0.2, 0.25) is 11.8 Å². The first-order valence-electron chi connectivity index (χ1n) is 13.8. The molecule has 0 radical (unpaired) electrons. The van der Waals surface area contributed by atoms with Gasteiger partial charge in [0.25, 0.3) is 10.0 Å². The fourth-order valence-electron chi connectivity index (χ4n) is 4.89. The molecule has 0 aromatic heterocycles. The first-order chi connectivity index (χ1) is 19.7. The van der Waals surface area contributed by atoms with Crippen LogP contribution in [-0.2, 0) is 26.2 Å². The van der Waals surface area contributed by atoms with E-state index in [0.29, 0.717) is 12.4 Å². The lowest BCUT2D eigenvalue weighted by Crippen LogP contribution is -2.52. The molecule has 218 valence electrons. The van der Waals surface area contributed by atoms with Crippen LogP contribution in [0.15, 0.2) is 83.8 Å². The SMILES string of the molecule is CCOc1ccc(S(=O)(=O)N(CC(=O)N(Cc2ccccc2)[C@H](C)C(=O)NC2CCCC2)c2ccc(F)cc2)cc1. The number of rotatable bonds is 12. The van der Waals surface area contributed by atoms with E-state index in [1.165, 1.54) is 41.3 Å². The molecule has 1 aliphatic rings. The Hall–Kier alpha value is -3.92. The lowest BCUT2D eigenvalue weighted by atomic mass is 10.1. The second-order valence-corrected chi connectivity index (χ2v) is 11.9. The summed E-state index contributed by atoms with van der Waals surface area (Å²) in [6, 6.07) is 19.2. The van der Waals surface area contributed by atoms with Crippen molar-refractivity contribution in [2.45, 2.75) is 63.1 Å². The Balaban J connectivity index is 1.66. The molecule has 0 bridgehead atoms. The summed E-state index contributed by atoms with van der Waals surface area (Å²) in [5.74, 6) is -0.890. The molecule has 0 spiro atoms. The molecule has 0 unspecified atom stereocenters. The van der Waals surface area contributed by atoms with Gasteiger partial charge in [0.15, 0.2) is 0 Å². The number of ether oxygens (including phenoxy) is 1. The van der Waals surface area contributed by atoms with E-state index in [4.69, 9.17) is 4.74 Å². The third-order valence-electron chi connectivity index (χ3n) is 7.18. The number of benzene rings is 3. The summed E-state index contributed by atoms with van der Waals surface area (Å²) in [5, 5.41) is 3.04. The number of anilines is 1. The first-order valence-corrected chi connectivity index (χ1v) is 15.3. The van der Waals surface area contributed by atoms with Crippen LogP contribution in [0, 0.1) is 5.82 Å². The zero-order chi connectivity index (χ0) is 29.4. The molecule has 1 N–H and O–H groups in total. The number of nitrogens with one attached hydrogen (secondary N) is 1. The van der Waals surface area contributed by atoms with Crippen LogP contribution in [0.3, 0.4) is 0 Å². The Labute approximate surface area is 241 Å². The maximum absolute atomic E-state index is 13.9. The highest BCUT2D eigenvalue weighted by molar-refractivity contribution is 7.92. The van der Waals surface area contributed by atoms with Crippen molar-refractivity contribution in [2.24, 2.45) is 0 Å². The number of hydrogen-bond donors (Lipinski definition) is 1. The summed E-state index contributed by atoms with van der Waals surface area (Å²) in [4.78, 5) is 28.5. The summed E-state index contributed by atoms with van der Waals surface area (Å²) < 4.78 is 47.9. The molecule has 0 saturated heterocycles. The van der Waals surface area contributed by atoms with E-state index in [0.717, 1.165) is 47.7 Å². The highest BCUT2D eigenvalue weighted by Crippen LogP contribution is 2.26. The van der Waals surface area contributed by atoms with E-state index in [1.807, 2.05) is 37.3 Å². The number of nitrogens with zero attached hydrogens (tertiary/aromatic N) is 2. The van der Waals surface area contributed by atoms with Crippen molar-refractivity contribution >= 4 is 27.5 Å². The van der Waals surface area contributed by atoms with Crippen LogP contribution in [0.2, 0.25) is 0 Å². The maximum atomic E-state index is 13.9. The van der Waals surface area contributed by atoms with Gasteiger partial charge in [0.1, 0.15) is 24.2 Å². The van der Waals surface area contributed by atoms with E-state index in [2.05, 4.69) is 5.32 Å². The Morgan fingerprint density at radius 1 is 0.976 bits per heavy atom. The van der Waals surface area contributed by atoms with Crippen molar-refractivity contribution in [1.82, 2.24) is 10.2 Å². The molecule has 1 fully saturated rings. The van der Waals surface area contributed by atoms with Gasteiger partial charge in [0.05, 0.1) is 17.2 Å². The van der Waals surface area contributed by atoms with Crippen LogP contribution in [0.1, 0.15) is 45.1 Å². The standard InChI is InChI=1S/C31H36FN3O5S/c1-3-40-28-17-19-29(20-18-28)41(38,39)35(27-15-13-25(32)14-16-27)22-30(36)34(21-24-9-5-4-6-10-24)23(2)31(37)33-26-11-7-8-12-26/h4-6,9-10,13-20,23,26H,3,7-8,11-12,21-22H2,1-2H3,(H,33,37)/t23-/m1/s1.